The molecule has 0 spiro atoms. The highest BCUT2D eigenvalue weighted by molar-refractivity contribution is 6.05. The smallest absolute Gasteiger partial charge is 0.302 e. The molecule has 0 saturated carbocycles. The number of carbonyl (C=O) groups is 1. The average Bonchev–Trinajstić information content (AvgIpc) is 3.03. The molecule has 4 aromatic rings. The predicted molar refractivity (Wildman–Crippen MR) is 96.1 cm³/mol. The van der Waals surface area contributed by atoms with Crippen LogP contribution >= 0.6 is 0 Å². The lowest BCUT2D eigenvalue weighted by Gasteiger charge is -2.07. The molecule has 0 unspecified atom stereocenters. The molecular weight excluding hydrogens is 318 g/mol. The summed E-state index contributed by atoms with van der Waals surface area (Å²) in [5.41, 5.74) is 2.89. The number of benzene rings is 2. The molecular formula is C20H15NO4. The van der Waals surface area contributed by atoms with Crippen LogP contribution in [0.1, 0.15) is 21.7 Å². The Morgan fingerprint density at radius 1 is 0.960 bits per heavy atom. The minimum atomic E-state index is -0.427. The van der Waals surface area contributed by atoms with Gasteiger partial charge in [-0.3, -0.25) is 9.59 Å². The van der Waals surface area contributed by atoms with E-state index in [4.69, 9.17) is 8.83 Å². The zero-order valence-electron chi connectivity index (χ0n) is 13.8. The van der Waals surface area contributed by atoms with Crippen LogP contribution in [0.4, 0.5) is 5.69 Å². The van der Waals surface area contributed by atoms with Gasteiger partial charge in [-0.15, -0.1) is 0 Å². The van der Waals surface area contributed by atoms with E-state index in [0.29, 0.717) is 16.7 Å². The van der Waals surface area contributed by atoms with Crippen LogP contribution in [0, 0.1) is 13.8 Å². The van der Waals surface area contributed by atoms with Crippen LogP contribution in [0.25, 0.3) is 22.1 Å². The maximum absolute atomic E-state index is 12.5. The van der Waals surface area contributed by atoms with Gasteiger partial charge in [-0.05, 0) is 43.2 Å². The van der Waals surface area contributed by atoms with E-state index in [9.17, 15) is 9.59 Å². The Morgan fingerprint density at radius 3 is 2.60 bits per heavy atom. The SMILES string of the molecule is Cc1ccc(C)c(NC(=O)c2cc3c(=O)c4ccccc4oc3o2)c1. The first-order valence-electron chi connectivity index (χ1n) is 7.87. The lowest BCUT2D eigenvalue weighted by atomic mass is 10.1. The van der Waals surface area contributed by atoms with E-state index < -0.39 is 5.91 Å². The second kappa shape index (κ2) is 5.63. The summed E-state index contributed by atoms with van der Waals surface area (Å²) < 4.78 is 11.1. The molecule has 1 N–H and O–H groups in total. The summed E-state index contributed by atoms with van der Waals surface area (Å²) in [6.45, 7) is 3.86. The number of para-hydroxylation sites is 1. The van der Waals surface area contributed by atoms with Gasteiger partial charge in [0.2, 0.25) is 5.43 Å². The highest BCUT2D eigenvalue weighted by Gasteiger charge is 2.18. The zero-order valence-corrected chi connectivity index (χ0v) is 13.8. The van der Waals surface area contributed by atoms with E-state index in [-0.39, 0.29) is 22.4 Å². The van der Waals surface area contributed by atoms with Crippen LogP contribution in [-0.2, 0) is 0 Å². The molecule has 2 aromatic carbocycles. The number of amides is 1. The molecule has 0 atom stereocenters. The first-order chi connectivity index (χ1) is 12.0. The molecule has 4 rings (SSSR count). The monoisotopic (exact) mass is 333 g/mol. The van der Waals surface area contributed by atoms with Crippen LogP contribution in [0.3, 0.4) is 0 Å². The van der Waals surface area contributed by atoms with Crippen LogP contribution in [0.15, 0.2) is 62.2 Å². The number of hydrogen-bond donors (Lipinski definition) is 1. The van der Waals surface area contributed by atoms with E-state index in [2.05, 4.69) is 5.32 Å². The summed E-state index contributed by atoms with van der Waals surface area (Å²) in [6.07, 6.45) is 0. The number of anilines is 1. The highest BCUT2D eigenvalue weighted by atomic mass is 16.5. The van der Waals surface area contributed by atoms with Crippen molar-refractivity contribution >= 4 is 33.7 Å². The Balaban J connectivity index is 1.77. The summed E-state index contributed by atoms with van der Waals surface area (Å²) >= 11 is 0. The molecule has 0 aliphatic carbocycles. The third-order valence-electron chi connectivity index (χ3n) is 4.14. The van der Waals surface area contributed by atoms with Crippen molar-refractivity contribution in [3.63, 3.8) is 0 Å². The van der Waals surface area contributed by atoms with Crippen LogP contribution < -0.4 is 10.7 Å². The van der Waals surface area contributed by atoms with Crippen molar-refractivity contribution in [1.82, 2.24) is 0 Å². The van der Waals surface area contributed by atoms with Crippen LogP contribution in [-0.4, -0.2) is 5.91 Å². The third kappa shape index (κ3) is 2.59. The van der Waals surface area contributed by atoms with Gasteiger partial charge < -0.3 is 14.2 Å². The van der Waals surface area contributed by atoms with Crippen molar-refractivity contribution in [2.45, 2.75) is 13.8 Å². The summed E-state index contributed by atoms with van der Waals surface area (Å²) in [5.74, 6) is -0.342. The van der Waals surface area contributed by atoms with Crippen molar-refractivity contribution in [1.29, 1.82) is 0 Å². The maximum Gasteiger partial charge on any atom is 0.302 e. The van der Waals surface area contributed by atoms with Crippen LogP contribution in [0.5, 0.6) is 0 Å². The highest BCUT2D eigenvalue weighted by Crippen LogP contribution is 2.23. The van der Waals surface area contributed by atoms with Crippen molar-refractivity contribution in [2.24, 2.45) is 0 Å². The van der Waals surface area contributed by atoms with E-state index in [1.54, 1.807) is 24.3 Å². The van der Waals surface area contributed by atoms with E-state index in [1.165, 1.54) is 6.07 Å². The van der Waals surface area contributed by atoms with Gasteiger partial charge in [-0.1, -0.05) is 24.3 Å². The Hall–Kier alpha value is -3.34. The molecule has 5 nitrogen and oxygen atoms in total. The fraction of sp³-hybridized carbons (Fsp3) is 0.100. The Morgan fingerprint density at radius 2 is 1.76 bits per heavy atom. The molecule has 5 heteroatoms. The molecule has 25 heavy (non-hydrogen) atoms. The number of hydrogen-bond acceptors (Lipinski definition) is 4. The fourth-order valence-electron chi connectivity index (χ4n) is 2.76. The van der Waals surface area contributed by atoms with Gasteiger partial charge in [-0.2, -0.15) is 0 Å². The lowest BCUT2D eigenvalue weighted by molar-refractivity contribution is 0.0997. The largest absolute Gasteiger partial charge is 0.425 e. The standard InChI is InChI=1S/C20H15NO4/c1-11-7-8-12(2)15(9-11)21-19(23)17-10-14-18(22)13-5-3-4-6-16(13)24-20(14)25-17/h3-10H,1-2H3,(H,21,23). The number of rotatable bonds is 2. The van der Waals surface area contributed by atoms with Gasteiger partial charge >= 0.3 is 5.78 Å². The fourth-order valence-corrected chi connectivity index (χ4v) is 2.76. The zero-order chi connectivity index (χ0) is 17.6. The number of fused-ring (bicyclic) bond motifs is 2. The van der Waals surface area contributed by atoms with Crippen molar-refractivity contribution in [3.05, 3.63) is 75.6 Å². The minimum absolute atomic E-state index is 0.0343. The average molecular weight is 333 g/mol. The van der Waals surface area contributed by atoms with E-state index >= 15 is 0 Å². The van der Waals surface area contributed by atoms with Crippen molar-refractivity contribution in [2.75, 3.05) is 5.32 Å². The van der Waals surface area contributed by atoms with Gasteiger partial charge in [0.1, 0.15) is 11.0 Å². The Labute approximate surface area is 142 Å². The van der Waals surface area contributed by atoms with Crippen molar-refractivity contribution < 1.29 is 13.6 Å². The molecule has 0 fully saturated rings. The summed E-state index contributed by atoms with van der Waals surface area (Å²) in [6, 6.07) is 14.1. The molecule has 2 heterocycles. The summed E-state index contributed by atoms with van der Waals surface area (Å²) in [5, 5.41) is 3.52. The minimum Gasteiger partial charge on any atom is -0.425 e. The topological polar surface area (TPSA) is 72.5 Å². The second-order valence-corrected chi connectivity index (χ2v) is 6.01. The van der Waals surface area contributed by atoms with E-state index in [0.717, 1.165) is 11.1 Å². The lowest BCUT2D eigenvalue weighted by Crippen LogP contribution is -2.12. The molecule has 1 amide bonds. The summed E-state index contributed by atoms with van der Waals surface area (Å²) in [7, 11) is 0. The van der Waals surface area contributed by atoms with Gasteiger partial charge in [0.05, 0.1) is 5.39 Å². The second-order valence-electron chi connectivity index (χ2n) is 6.01. The normalized spacial score (nSPS) is 11.1. The number of furan rings is 1. The van der Waals surface area contributed by atoms with Gasteiger partial charge in [0, 0.05) is 11.8 Å². The maximum atomic E-state index is 12.5. The quantitative estimate of drug-likeness (QED) is 0.590. The van der Waals surface area contributed by atoms with E-state index in [1.807, 2.05) is 32.0 Å². The molecule has 0 bridgehead atoms. The number of carbonyl (C=O) groups excluding carboxylic acids is 1. The van der Waals surface area contributed by atoms with Crippen molar-refractivity contribution in [3.8, 4) is 0 Å². The molecule has 0 saturated heterocycles. The summed E-state index contributed by atoms with van der Waals surface area (Å²) in [4.78, 5) is 25.0. The molecule has 0 aliphatic rings. The Kier molecular flexibility index (Phi) is 3.42. The van der Waals surface area contributed by atoms with Gasteiger partial charge in [-0.25, -0.2) is 0 Å². The molecule has 0 aliphatic heterocycles. The first-order valence-corrected chi connectivity index (χ1v) is 7.87. The van der Waals surface area contributed by atoms with Gasteiger partial charge in [0.25, 0.3) is 5.91 Å². The first kappa shape index (κ1) is 15.2. The molecule has 124 valence electrons. The number of aryl methyl sites for hydroxylation is 2. The van der Waals surface area contributed by atoms with Crippen LogP contribution in [0.2, 0.25) is 0 Å². The predicted octanol–water partition coefficient (Wildman–Crippen LogP) is 4.41. The number of nitrogens with one attached hydrogen (secondary N) is 1. The van der Waals surface area contributed by atoms with Gasteiger partial charge in [0.15, 0.2) is 5.76 Å². The third-order valence-corrected chi connectivity index (χ3v) is 4.14. The molecule has 0 radical (unpaired) electrons. The Bertz CT molecular complexity index is 1180. The molecule has 2 aromatic heterocycles.